The minimum Gasteiger partial charge on any atom is -0.480 e. The lowest BCUT2D eigenvalue weighted by molar-refractivity contribution is -0.143. The molecule has 1 amide bonds. The van der Waals surface area contributed by atoms with Crippen LogP contribution in [0.25, 0.3) is 11.0 Å². The summed E-state index contributed by atoms with van der Waals surface area (Å²) >= 11 is 0. The van der Waals surface area contributed by atoms with Crippen molar-refractivity contribution in [3.8, 4) is 5.75 Å². The van der Waals surface area contributed by atoms with Crippen molar-refractivity contribution in [1.29, 1.82) is 0 Å². The normalized spacial score (nSPS) is 15.2. The Morgan fingerprint density at radius 3 is 2.55 bits per heavy atom. The Morgan fingerprint density at radius 2 is 1.90 bits per heavy atom. The number of carbonyl (C=O) groups is 2. The molecule has 0 saturated heterocycles. The molecular weight excluding hydrogens is 374 g/mol. The molecule has 1 heterocycles. The van der Waals surface area contributed by atoms with Crippen molar-refractivity contribution in [3.05, 3.63) is 39.2 Å². The van der Waals surface area contributed by atoms with Gasteiger partial charge in [-0.25, -0.2) is 9.59 Å². The van der Waals surface area contributed by atoms with Gasteiger partial charge in [0.1, 0.15) is 17.4 Å². The molecular formula is C22H27NO6. The van der Waals surface area contributed by atoms with Gasteiger partial charge in [0.2, 0.25) is 0 Å². The number of fused-ring (bicyclic) bond motifs is 3. The van der Waals surface area contributed by atoms with E-state index in [4.69, 9.17) is 9.15 Å². The molecule has 7 nitrogen and oxygen atoms in total. The van der Waals surface area contributed by atoms with Crippen LogP contribution in [0.3, 0.4) is 0 Å². The van der Waals surface area contributed by atoms with Gasteiger partial charge in [0.25, 0.3) is 5.91 Å². The Labute approximate surface area is 169 Å². The van der Waals surface area contributed by atoms with Crippen LogP contribution in [0.1, 0.15) is 50.3 Å². The molecule has 0 saturated carbocycles. The SMILES string of the molecule is Cc1cc(OC(C)C(=O)NC(CC(C)C)C(=O)O)c2c3c(c(=O)oc2c1)CCC3. The van der Waals surface area contributed by atoms with Crippen molar-refractivity contribution in [2.75, 3.05) is 0 Å². The molecule has 0 bridgehead atoms. The average molecular weight is 401 g/mol. The molecule has 3 rings (SSSR count). The van der Waals surface area contributed by atoms with E-state index in [1.807, 2.05) is 26.8 Å². The molecule has 2 unspecified atom stereocenters. The maximum absolute atomic E-state index is 12.6. The zero-order valence-corrected chi connectivity index (χ0v) is 17.2. The molecule has 0 spiro atoms. The highest BCUT2D eigenvalue weighted by molar-refractivity contribution is 5.90. The van der Waals surface area contributed by atoms with Crippen molar-refractivity contribution in [3.63, 3.8) is 0 Å². The van der Waals surface area contributed by atoms with Crippen molar-refractivity contribution in [1.82, 2.24) is 5.32 Å². The second-order valence-electron chi connectivity index (χ2n) is 8.13. The first-order valence-electron chi connectivity index (χ1n) is 9.96. The first kappa shape index (κ1) is 20.9. The number of carbonyl (C=O) groups excluding carboxylic acids is 1. The highest BCUT2D eigenvalue weighted by atomic mass is 16.5. The fourth-order valence-corrected chi connectivity index (χ4v) is 3.82. The molecule has 2 N–H and O–H groups in total. The van der Waals surface area contributed by atoms with Crippen molar-refractivity contribution in [2.45, 2.75) is 65.5 Å². The van der Waals surface area contributed by atoms with Gasteiger partial charge < -0.3 is 19.6 Å². The first-order chi connectivity index (χ1) is 13.7. The van der Waals surface area contributed by atoms with Gasteiger partial charge in [-0.3, -0.25) is 4.79 Å². The first-order valence-corrected chi connectivity index (χ1v) is 9.96. The van der Waals surface area contributed by atoms with Crippen LogP contribution in [0.5, 0.6) is 5.75 Å². The Morgan fingerprint density at radius 1 is 1.21 bits per heavy atom. The quantitative estimate of drug-likeness (QED) is 0.691. The summed E-state index contributed by atoms with van der Waals surface area (Å²) in [7, 11) is 0. The molecule has 1 aromatic heterocycles. The summed E-state index contributed by atoms with van der Waals surface area (Å²) in [5.41, 5.74) is 2.56. The number of aliphatic carboxylic acids is 1. The van der Waals surface area contributed by atoms with E-state index in [9.17, 15) is 19.5 Å². The van der Waals surface area contributed by atoms with E-state index in [2.05, 4.69) is 5.32 Å². The van der Waals surface area contributed by atoms with Crippen LogP contribution in [0, 0.1) is 12.8 Å². The summed E-state index contributed by atoms with van der Waals surface area (Å²) in [6.07, 6.45) is 1.73. The number of hydrogen-bond donors (Lipinski definition) is 2. The highest BCUT2D eigenvalue weighted by Gasteiger charge is 2.27. The fourth-order valence-electron chi connectivity index (χ4n) is 3.82. The van der Waals surface area contributed by atoms with Gasteiger partial charge in [0.15, 0.2) is 6.10 Å². The lowest BCUT2D eigenvalue weighted by Gasteiger charge is -2.21. The van der Waals surface area contributed by atoms with Gasteiger partial charge in [-0.1, -0.05) is 13.8 Å². The van der Waals surface area contributed by atoms with E-state index in [-0.39, 0.29) is 11.5 Å². The predicted octanol–water partition coefficient (Wildman–Crippen LogP) is 2.97. The van der Waals surface area contributed by atoms with Crippen LogP contribution < -0.4 is 15.7 Å². The maximum Gasteiger partial charge on any atom is 0.339 e. The molecule has 1 aromatic carbocycles. The second kappa shape index (κ2) is 8.27. The monoisotopic (exact) mass is 401 g/mol. The number of aryl methyl sites for hydroxylation is 2. The van der Waals surface area contributed by atoms with Gasteiger partial charge in [-0.2, -0.15) is 0 Å². The topological polar surface area (TPSA) is 106 Å². The van der Waals surface area contributed by atoms with E-state index < -0.39 is 24.0 Å². The summed E-state index contributed by atoms with van der Waals surface area (Å²) in [5, 5.41) is 12.6. The van der Waals surface area contributed by atoms with Gasteiger partial charge in [0.05, 0.1) is 5.39 Å². The number of carboxylic acids is 1. The second-order valence-corrected chi connectivity index (χ2v) is 8.13. The number of ether oxygens (including phenoxy) is 1. The summed E-state index contributed by atoms with van der Waals surface area (Å²) in [4.78, 5) is 36.2. The van der Waals surface area contributed by atoms with Crippen LogP contribution in [0.2, 0.25) is 0 Å². The third kappa shape index (κ3) is 4.44. The number of benzene rings is 1. The lowest BCUT2D eigenvalue weighted by Crippen LogP contribution is -2.46. The van der Waals surface area contributed by atoms with E-state index in [1.54, 1.807) is 13.0 Å². The zero-order chi connectivity index (χ0) is 21.3. The van der Waals surface area contributed by atoms with Crippen molar-refractivity contribution < 1.29 is 23.8 Å². The summed E-state index contributed by atoms with van der Waals surface area (Å²) in [6.45, 7) is 7.23. The minimum atomic E-state index is -1.07. The van der Waals surface area contributed by atoms with E-state index >= 15 is 0 Å². The van der Waals surface area contributed by atoms with E-state index in [1.165, 1.54) is 0 Å². The molecule has 2 aromatic rings. The van der Waals surface area contributed by atoms with Crippen molar-refractivity contribution >= 4 is 22.8 Å². The number of carboxylic acid groups (broad SMARTS) is 1. The van der Waals surface area contributed by atoms with Gasteiger partial charge in [-0.05, 0) is 68.7 Å². The Hall–Kier alpha value is -2.83. The highest BCUT2D eigenvalue weighted by Crippen LogP contribution is 2.35. The van der Waals surface area contributed by atoms with Crippen LogP contribution in [-0.2, 0) is 22.4 Å². The molecule has 2 atom stereocenters. The van der Waals surface area contributed by atoms with Crippen LogP contribution in [0.15, 0.2) is 21.3 Å². The van der Waals surface area contributed by atoms with Crippen molar-refractivity contribution in [2.24, 2.45) is 5.92 Å². The number of amides is 1. The molecule has 1 aliphatic carbocycles. The minimum absolute atomic E-state index is 0.124. The van der Waals surface area contributed by atoms with Crippen LogP contribution in [-0.4, -0.2) is 29.1 Å². The molecule has 1 aliphatic rings. The summed E-state index contributed by atoms with van der Waals surface area (Å²) < 4.78 is 11.4. The molecule has 7 heteroatoms. The van der Waals surface area contributed by atoms with Gasteiger partial charge >= 0.3 is 11.6 Å². The average Bonchev–Trinajstić information content (AvgIpc) is 3.10. The van der Waals surface area contributed by atoms with Crippen LogP contribution >= 0.6 is 0 Å². The third-order valence-corrected chi connectivity index (χ3v) is 5.17. The Kier molecular flexibility index (Phi) is 5.96. The Balaban J connectivity index is 1.89. The predicted molar refractivity (Wildman–Crippen MR) is 108 cm³/mol. The zero-order valence-electron chi connectivity index (χ0n) is 17.2. The number of rotatable bonds is 7. The number of hydrogen-bond acceptors (Lipinski definition) is 5. The molecule has 0 aliphatic heterocycles. The summed E-state index contributed by atoms with van der Waals surface area (Å²) in [5.74, 6) is -0.972. The number of nitrogens with one attached hydrogen (secondary N) is 1. The van der Waals surface area contributed by atoms with Gasteiger partial charge in [0, 0.05) is 5.56 Å². The fraction of sp³-hybridized carbons (Fsp3) is 0.500. The summed E-state index contributed by atoms with van der Waals surface area (Å²) in [6, 6.07) is 2.63. The van der Waals surface area contributed by atoms with E-state index in [0.717, 1.165) is 29.4 Å². The standard InChI is InChI=1S/C22H27NO6/c1-11(2)8-16(21(25)26)23-20(24)13(4)28-17-9-12(3)10-18-19(17)14-6-5-7-15(14)22(27)29-18/h9-11,13,16H,5-8H2,1-4H3,(H,23,24)(H,25,26). The third-order valence-electron chi connectivity index (χ3n) is 5.17. The largest absolute Gasteiger partial charge is 0.480 e. The Bertz CT molecular complexity index is 1010. The maximum atomic E-state index is 12.6. The lowest BCUT2D eigenvalue weighted by atomic mass is 10.0. The van der Waals surface area contributed by atoms with Gasteiger partial charge in [-0.15, -0.1) is 0 Å². The molecule has 0 fully saturated rings. The smallest absolute Gasteiger partial charge is 0.339 e. The molecule has 0 radical (unpaired) electrons. The van der Waals surface area contributed by atoms with E-state index in [0.29, 0.717) is 29.7 Å². The molecule has 29 heavy (non-hydrogen) atoms. The molecule has 156 valence electrons. The van der Waals surface area contributed by atoms with Crippen LogP contribution in [0.4, 0.5) is 0 Å².